The van der Waals surface area contributed by atoms with Crippen LogP contribution in [-0.4, -0.2) is 4.98 Å². The third-order valence-electron chi connectivity index (χ3n) is 4.37. The fourth-order valence-corrected chi connectivity index (χ4v) is 3.08. The van der Waals surface area contributed by atoms with Gasteiger partial charge in [0, 0.05) is 27.7 Å². The monoisotopic (exact) mass is 314 g/mol. The maximum absolute atomic E-state index is 12.9. The minimum Gasteiger partial charge on any atom is -0.356 e. The zero-order valence-electron chi connectivity index (χ0n) is 13.7. The average molecular weight is 314 g/mol. The van der Waals surface area contributed by atoms with E-state index in [1.807, 2.05) is 55.5 Å². The number of aryl methyl sites for hydroxylation is 2. The first-order valence-corrected chi connectivity index (χ1v) is 8.01. The molecule has 2 N–H and O–H groups in total. The Morgan fingerprint density at radius 2 is 1.58 bits per heavy atom. The zero-order chi connectivity index (χ0) is 16.7. The summed E-state index contributed by atoms with van der Waals surface area (Å²) in [6.45, 7) is 4.03. The van der Waals surface area contributed by atoms with Crippen molar-refractivity contribution in [2.24, 2.45) is 0 Å². The Morgan fingerprint density at radius 3 is 2.38 bits per heavy atom. The van der Waals surface area contributed by atoms with Gasteiger partial charge >= 0.3 is 0 Å². The maximum Gasteiger partial charge on any atom is 0.197 e. The Labute approximate surface area is 140 Å². The van der Waals surface area contributed by atoms with E-state index in [4.69, 9.17) is 0 Å². The minimum atomic E-state index is 0.0735. The van der Waals surface area contributed by atoms with Crippen molar-refractivity contribution in [3.05, 3.63) is 82.0 Å². The minimum absolute atomic E-state index is 0.0735. The van der Waals surface area contributed by atoms with E-state index in [0.29, 0.717) is 5.39 Å². The lowest BCUT2D eigenvalue weighted by atomic mass is 10.1. The number of pyridine rings is 1. The van der Waals surface area contributed by atoms with Crippen LogP contribution in [-0.2, 0) is 0 Å². The van der Waals surface area contributed by atoms with Crippen molar-refractivity contribution < 1.29 is 0 Å². The standard InChI is InChI=1S/C21H18N2O/c1-13-6-8-15(9-7-13)22-16-10-11-18-17(12-16)21(24)20-14(2)4-3-5-19(20)23-18/h3-12,22H,1-2H3,(H,23,24). The summed E-state index contributed by atoms with van der Waals surface area (Å²) in [6, 6.07) is 19.9. The summed E-state index contributed by atoms with van der Waals surface area (Å²) in [5, 5.41) is 4.82. The number of fused-ring (bicyclic) bond motifs is 2. The van der Waals surface area contributed by atoms with Crippen LogP contribution in [0.15, 0.2) is 65.5 Å². The largest absolute Gasteiger partial charge is 0.356 e. The van der Waals surface area contributed by atoms with Gasteiger partial charge in [-0.1, -0.05) is 29.8 Å². The molecule has 1 heterocycles. The zero-order valence-corrected chi connectivity index (χ0v) is 13.7. The van der Waals surface area contributed by atoms with E-state index in [2.05, 4.69) is 29.4 Å². The molecule has 24 heavy (non-hydrogen) atoms. The Bertz CT molecular complexity index is 1110. The molecule has 3 nitrogen and oxygen atoms in total. The van der Waals surface area contributed by atoms with Crippen LogP contribution in [0.1, 0.15) is 11.1 Å². The molecule has 3 heteroatoms. The number of rotatable bonds is 2. The predicted octanol–water partition coefficient (Wildman–Crippen LogP) is 5.04. The molecule has 0 saturated heterocycles. The number of aromatic nitrogens is 1. The normalized spacial score (nSPS) is 11.1. The van der Waals surface area contributed by atoms with Crippen LogP contribution in [0, 0.1) is 13.8 Å². The van der Waals surface area contributed by atoms with E-state index in [1.54, 1.807) is 0 Å². The van der Waals surface area contributed by atoms with E-state index in [-0.39, 0.29) is 5.43 Å². The number of nitrogens with one attached hydrogen (secondary N) is 2. The summed E-state index contributed by atoms with van der Waals surface area (Å²) in [5.41, 5.74) is 5.94. The average Bonchev–Trinajstić information content (AvgIpc) is 2.58. The molecule has 1 aromatic heterocycles. The van der Waals surface area contributed by atoms with Crippen molar-refractivity contribution in [3.8, 4) is 0 Å². The summed E-state index contributed by atoms with van der Waals surface area (Å²) in [6.07, 6.45) is 0. The lowest BCUT2D eigenvalue weighted by Gasteiger charge is -2.09. The molecule has 0 saturated carbocycles. The molecule has 0 aliphatic heterocycles. The molecule has 118 valence electrons. The third-order valence-corrected chi connectivity index (χ3v) is 4.37. The van der Waals surface area contributed by atoms with Gasteiger partial charge in [-0.05, 0) is 55.8 Å². The highest BCUT2D eigenvalue weighted by Crippen LogP contribution is 2.23. The van der Waals surface area contributed by atoms with Crippen molar-refractivity contribution in [2.45, 2.75) is 13.8 Å². The van der Waals surface area contributed by atoms with Gasteiger partial charge in [0.15, 0.2) is 5.43 Å². The summed E-state index contributed by atoms with van der Waals surface area (Å²) in [7, 11) is 0. The van der Waals surface area contributed by atoms with Crippen LogP contribution < -0.4 is 10.7 Å². The predicted molar refractivity (Wildman–Crippen MR) is 101 cm³/mol. The van der Waals surface area contributed by atoms with Crippen LogP contribution in [0.4, 0.5) is 11.4 Å². The molecule has 0 aliphatic carbocycles. The number of aromatic amines is 1. The SMILES string of the molecule is Cc1ccc(Nc2ccc3[nH]c4cccc(C)c4c(=O)c3c2)cc1. The van der Waals surface area contributed by atoms with E-state index in [1.165, 1.54) is 5.56 Å². The van der Waals surface area contributed by atoms with Crippen molar-refractivity contribution in [1.82, 2.24) is 4.98 Å². The van der Waals surface area contributed by atoms with Crippen LogP contribution in [0.3, 0.4) is 0 Å². The highest BCUT2D eigenvalue weighted by atomic mass is 16.1. The van der Waals surface area contributed by atoms with Crippen LogP contribution >= 0.6 is 0 Å². The molecule has 0 bridgehead atoms. The number of H-pyrrole nitrogens is 1. The van der Waals surface area contributed by atoms with E-state index >= 15 is 0 Å². The van der Waals surface area contributed by atoms with Crippen molar-refractivity contribution in [2.75, 3.05) is 5.32 Å². The summed E-state index contributed by atoms with van der Waals surface area (Å²) in [5.74, 6) is 0. The summed E-state index contributed by atoms with van der Waals surface area (Å²) >= 11 is 0. The van der Waals surface area contributed by atoms with Crippen molar-refractivity contribution >= 4 is 33.2 Å². The molecule has 0 atom stereocenters. The lowest BCUT2D eigenvalue weighted by molar-refractivity contribution is 1.43. The van der Waals surface area contributed by atoms with Gasteiger partial charge in [0.2, 0.25) is 0 Å². The molecule has 0 amide bonds. The first-order chi connectivity index (χ1) is 11.6. The molecular weight excluding hydrogens is 296 g/mol. The Hall–Kier alpha value is -3.07. The highest BCUT2D eigenvalue weighted by Gasteiger charge is 2.08. The fourth-order valence-electron chi connectivity index (χ4n) is 3.08. The van der Waals surface area contributed by atoms with Gasteiger partial charge in [-0.2, -0.15) is 0 Å². The van der Waals surface area contributed by atoms with Crippen LogP contribution in [0.25, 0.3) is 21.8 Å². The molecular formula is C21H18N2O. The lowest BCUT2D eigenvalue weighted by Crippen LogP contribution is -2.06. The topological polar surface area (TPSA) is 44.9 Å². The van der Waals surface area contributed by atoms with E-state index in [9.17, 15) is 4.79 Å². The third kappa shape index (κ3) is 2.44. The van der Waals surface area contributed by atoms with Gasteiger partial charge < -0.3 is 10.3 Å². The molecule has 0 radical (unpaired) electrons. The molecule has 4 aromatic rings. The number of hydrogen-bond donors (Lipinski definition) is 2. The van der Waals surface area contributed by atoms with Crippen LogP contribution in [0.2, 0.25) is 0 Å². The second kappa shape index (κ2) is 5.53. The molecule has 4 rings (SSSR count). The highest BCUT2D eigenvalue weighted by molar-refractivity contribution is 5.95. The molecule has 0 aliphatic rings. The van der Waals surface area contributed by atoms with Gasteiger partial charge in [0.1, 0.15) is 0 Å². The first-order valence-electron chi connectivity index (χ1n) is 8.01. The molecule has 0 fully saturated rings. The van der Waals surface area contributed by atoms with Gasteiger partial charge in [-0.15, -0.1) is 0 Å². The number of hydrogen-bond acceptors (Lipinski definition) is 2. The van der Waals surface area contributed by atoms with Crippen LogP contribution in [0.5, 0.6) is 0 Å². The Kier molecular flexibility index (Phi) is 3.35. The van der Waals surface area contributed by atoms with Crippen molar-refractivity contribution in [3.63, 3.8) is 0 Å². The van der Waals surface area contributed by atoms with Crippen molar-refractivity contribution in [1.29, 1.82) is 0 Å². The number of anilines is 2. The molecule has 0 unspecified atom stereocenters. The molecule has 0 spiro atoms. The second-order valence-electron chi connectivity index (χ2n) is 6.20. The maximum atomic E-state index is 12.9. The van der Waals surface area contributed by atoms with E-state index in [0.717, 1.165) is 33.4 Å². The fraction of sp³-hybridized carbons (Fsp3) is 0.0952. The van der Waals surface area contributed by atoms with Gasteiger partial charge in [-0.25, -0.2) is 0 Å². The molecule has 3 aromatic carbocycles. The van der Waals surface area contributed by atoms with Gasteiger partial charge in [0.25, 0.3) is 0 Å². The summed E-state index contributed by atoms with van der Waals surface area (Å²) in [4.78, 5) is 16.3. The Balaban J connectivity index is 1.86. The van der Waals surface area contributed by atoms with E-state index < -0.39 is 0 Å². The number of benzene rings is 3. The van der Waals surface area contributed by atoms with Gasteiger partial charge in [0.05, 0.1) is 5.52 Å². The Morgan fingerprint density at radius 1 is 0.833 bits per heavy atom. The second-order valence-corrected chi connectivity index (χ2v) is 6.20. The quantitative estimate of drug-likeness (QED) is 0.509. The first kappa shape index (κ1) is 14.5. The summed E-state index contributed by atoms with van der Waals surface area (Å²) < 4.78 is 0. The smallest absolute Gasteiger partial charge is 0.197 e. The van der Waals surface area contributed by atoms with Gasteiger partial charge in [-0.3, -0.25) is 4.79 Å².